The predicted octanol–water partition coefficient (Wildman–Crippen LogP) is 1.94. The molecule has 0 radical (unpaired) electrons. The number of rotatable bonds is 8. The summed E-state index contributed by atoms with van der Waals surface area (Å²) in [5.41, 5.74) is 0.564. The Morgan fingerprint density at radius 3 is 2.60 bits per heavy atom. The van der Waals surface area contributed by atoms with Crippen LogP contribution in [0, 0.1) is 0 Å². The van der Waals surface area contributed by atoms with Crippen molar-refractivity contribution < 1.29 is 19.4 Å². The average Bonchev–Trinajstić information content (AvgIpc) is 2.48. The van der Waals surface area contributed by atoms with Crippen LogP contribution in [0.3, 0.4) is 0 Å². The molecule has 0 atom stereocenters. The van der Waals surface area contributed by atoms with Gasteiger partial charge in [-0.15, -0.1) is 0 Å². The van der Waals surface area contributed by atoms with E-state index in [0.29, 0.717) is 43.2 Å². The van der Waals surface area contributed by atoms with Crippen LogP contribution in [0.2, 0.25) is 0 Å². The van der Waals surface area contributed by atoms with E-state index in [-0.39, 0.29) is 12.5 Å². The highest BCUT2D eigenvalue weighted by Gasteiger charge is 2.16. The molecule has 1 amide bonds. The molecule has 5 nitrogen and oxygen atoms in total. The SMILES string of the molecule is CCOc1cc(C(=O)N(CC)CCCO)ccc1OC. The van der Waals surface area contributed by atoms with Gasteiger partial charge in [0.15, 0.2) is 11.5 Å². The van der Waals surface area contributed by atoms with E-state index in [0.717, 1.165) is 0 Å². The molecule has 0 saturated carbocycles. The lowest BCUT2D eigenvalue weighted by atomic mass is 10.1. The first-order valence-corrected chi connectivity index (χ1v) is 6.88. The minimum absolute atomic E-state index is 0.0652. The molecule has 0 fully saturated rings. The number of benzene rings is 1. The van der Waals surface area contributed by atoms with Crippen molar-refractivity contribution >= 4 is 5.91 Å². The minimum atomic E-state index is -0.0652. The summed E-state index contributed by atoms with van der Waals surface area (Å²) in [6, 6.07) is 5.16. The summed E-state index contributed by atoms with van der Waals surface area (Å²) < 4.78 is 10.7. The Morgan fingerprint density at radius 1 is 1.30 bits per heavy atom. The fourth-order valence-corrected chi connectivity index (χ4v) is 1.93. The summed E-state index contributed by atoms with van der Waals surface area (Å²) in [4.78, 5) is 14.1. The van der Waals surface area contributed by atoms with Crippen molar-refractivity contribution in [3.05, 3.63) is 23.8 Å². The molecule has 1 rings (SSSR count). The summed E-state index contributed by atoms with van der Waals surface area (Å²) in [7, 11) is 1.57. The second-order valence-corrected chi connectivity index (χ2v) is 4.26. The lowest BCUT2D eigenvalue weighted by molar-refractivity contribution is 0.0753. The molecule has 112 valence electrons. The highest BCUT2D eigenvalue weighted by Crippen LogP contribution is 2.28. The van der Waals surface area contributed by atoms with Crippen molar-refractivity contribution in [3.8, 4) is 11.5 Å². The third-order valence-corrected chi connectivity index (χ3v) is 2.97. The Balaban J connectivity index is 2.93. The number of hydrogen-bond donors (Lipinski definition) is 1. The molecule has 5 heteroatoms. The molecule has 0 unspecified atom stereocenters. The van der Waals surface area contributed by atoms with Crippen LogP contribution in [0.5, 0.6) is 11.5 Å². The monoisotopic (exact) mass is 281 g/mol. The average molecular weight is 281 g/mol. The number of carbonyl (C=O) groups excluding carboxylic acids is 1. The number of methoxy groups -OCH3 is 1. The van der Waals surface area contributed by atoms with Crippen molar-refractivity contribution in [1.29, 1.82) is 0 Å². The molecule has 1 aromatic carbocycles. The fourth-order valence-electron chi connectivity index (χ4n) is 1.93. The zero-order chi connectivity index (χ0) is 15.0. The molecule has 0 aliphatic carbocycles. The quantitative estimate of drug-likeness (QED) is 0.791. The van der Waals surface area contributed by atoms with Gasteiger partial charge in [-0.2, -0.15) is 0 Å². The second kappa shape index (κ2) is 8.43. The van der Waals surface area contributed by atoms with Gasteiger partial charge in [-0.25, -0.2) is 0 Å². The summed E-state index contributed by atoms with van der Waals surface area (Å²) in [5.74, 6) is 1.12. The summed E-state index contributed by atoms with van der Waals surface area (Å²) >= 11 is 0. The van der Waals surface area contributed by atoms with Gasteiger partial charge in [0.1, 0.15) is 0 Å². The van der Waals surface area contributed by atoms with Gasteiger partial charge >= 0.3 is 0 Å². The molecule has 0 aliphatic rings. The molecule has 1 aromatic rings. The van der Waals surface area contributed by atoms with Crippen LogP contribution in [0.15, 0.2) is 18.2 Å². The van der Waals surface area contributed by atoms with Gasteiger partial charge in [0.2, 0.25) is 0 Å². The Labute approximate surface area is 120 Å². The third kappa shape index (κ3) is 4.13. The molecule has 0 spiro atoms. The van der Waals surface area contributed by atoms with Gasteiger partial charge in [-0.3, -0.25) is 4.79 Å². The van der Waals surface area contributed by atoms with E-state index >= 15 is 0 Å². The topological polar surface area (TPSA) is 59.0 Å². The summed E-state index contributed by atoms with van der Waals surface area (Å²) in [6.07, 6.45) is 0.577. The highest BCUT2D eigenvalue weighted by molar-refractivity contribution is 5.94. The number of nitrogens with zero attached hydrogens (tertiary/aromatic N) is 1. The number of aliphatic hydroxyl groups is 1. The fraction of sp³-hybridized carbons (Fsp3) is 0.533. The van der Waals surface area contributed by atoms with Crippen molar-refractivity contribution in [1.82, 2.24) is 4.90 Å². The largest absolute Gasteiger partial charge is 0.493 e. The molecule has 1 N–H and O–H groups in total. The normalized spacial score (nSPS) is 10.2. The Hall–Kier alpha value is -1.75. The van der Waals surface area contributed by atoms with Crippen LogP contribution in [0.25, 0.3) is 0 Å². The Morgan fingerprint density at radius 2 is 2.05 bits per heavy atom. The molecule has 0 heterocycles. The van der Waals surface area contributed by atoms with E-state index < -0.39 is 0 Å². The van der Waals surface area contributed by atoms with Crippen LogP contribution >= 0.6 is 0 Å². The number of amides is 1. The first-order chi connectivity index (χ1) is 9.67. The van der Waals surface area contributed by atoms with E-state index in [1.165, 1.54) is 0 Å². The first kappa shape index (κ1) is 16.3. The van der Waals surface area contributed by atoms with Crippen LogP contribution in [0.1, 0.15) is 30.6 Å². The second-order valence-electron chi connectivity index (χ2n) is 4.26. The maximum absolute atomic E-state index is 12.4. The van der Waals surface area contributed by atoms with Gasteiger partial charge in [0.05, 0.1) is 13.7 Å². The number of carbonyl (C=O) groups is 1. The molecule has 0 bridgehead atoms. The van der Waals surface area contributed by atoms with E-state index in [4.69, 9.17) is 14.6 Å². The van der Waals surface area contributed by atoms with E-state index in [9.17, 15) is 4.79 Å². The molecule has 0 saturated heterocycles. The van der Waals surface area contributed by atoms with Crippen molar-refractivity contribution in [2.45, 2.75) is 20.3 Å². The third-order valence-electron chi connectivity index (χ3n) is 2.97. The van der Waals surface area contributed by atoms with Gasteiger partial charge in [-0.1, -0.05) is 0 Å². The standard InChI is InChI=1S/C15H23NO4/c1-4-16(9-6-10-17)15(18)12-7-8-13(19-3)14(11-12)20-5-2/h7-8,11,17H,4-6,9-10H2,1-3H3. The molecular weight excluding hydrogens is 258 g/mol. The van der Waals surface area contributed by atoms with E-state index in [1.54, 1.807) is 30.2 Å². The van der Waals surface area contributed by atoms with Crippen molar-refractivity contribution in [2.75, 3.05) is 33.4 Å². The van der Waals surface area contributed by atoms with Crippen LogP contribution in [-0.4, -0.2) is 49.3 Å². The molecular formula is C15H23NO4. The lowest BCUT2D eigenvalue weighted by Crippen LogP contribution is -2.32. The number of aliphatic hydroxyl groups excluding tert-OH is 1. The summed E-state index contributed by atoms with van der Waals surface area (Å²) in [6.45, 7) is 5.54. The van der Waals surface area contributed by atoms with E-state index in [1.807, 2.05) is 13.8 Å². The number of ether oxygens (including phenoxy) is 2. The maximum atomic E-state index is 12.4. The smallest absolute Gasteiger partial charge is 0.253 e. The maximum Gasteiger partial charge on any atom is 0.253 e. The zero-order valence-corrected chi connectivity index (χ0v) is 12.4. The van der Waals surface area contributed by atoms with Crippen molar-refractivity contribution in [2.24, 2.45) is 0 Å². The Bertz CT molecular complexity index is 434. The predicted molar refractivity (Wildman–Crippen MR) is 77.4 cm³/mol. The zero-order valence-electron chi connectivity index (χ0n) is 12.4. The van der Waals surface area contributed by atoms with Gasteiger partial charge in [0, 0.05) is 25.3 Å². The first-order valence-electron chi connectivity index (χ1n) is 6.88. The van der Waals surface area contributed by atoms with Gasteiger partial charge < -0.3 is 19.5 Å². The molecule has 20 heavy (non-hydrogen) atoms. The molecule has 0 aromatic heterocycles. The minimum Gasteiger partial charge on any atom is -0.493 e. The van der Waals surface area contributed by atoms with Gasteiger partial charge in [-0.05, 0) is 38.5 Å². The Kier molecular flexibility index (Phi) is 6.87. The lowest BCUT2D eigenvalue weighted by Gasteiger charge is -2.21. The van der Waals surface area contributed by atoms with E-state index in [2.05, 4.69) is 0 Å². The number of hydrogen-bond acceptors (Lipinski definition) is 4. The highest BCUT2D eigenvalue weighted by atomic mass is 16.5. The van der Waals surface area contributed by atoms with Crippen LogP contribution < -0.4 is 9.47 Å². The summed E-state index contributed by atoms with van der Waals surface area (Å²) in [5, 5.41) is 8.87. The molecule has 0 aliphatic heterocycles. The van der Waals surface area contributed by atoms with Gasteiger partial charge in [0.25, 0.3) is 5.91 Å². The van der Waals surface area contributed by atoms with Crippen LogP contribution in [0.4, 0.5) is 0 Å². The van der Waals surface area contributed by atoms with Crippen molar-refractivity contribution in [3.63, 3.8) is 0 Å². The van der Waals surface area contributed by atoms with Crippen LogP contribution in [-0.2, 0) is 0 Å².